The van der Waals surface area contributed by atoms with Crippen LogP contribution in [0.15, 0.2) is 36.4 Å². The number of carbonyl (C=O) groups excluding carboxylic acids is 2. The van der Waals surface area contributed by atoms with Crippen molar-refractivity contribution in [3.05, 3.63) is 42.0 Å². The lowest BCUT2D eigenvalue weighted by Gasteiger charge is -2.20. The number of amides is 1. The number of fused-ring (bicyclic) bond motifs is 1. The Morgan fingerprint density at radius 3 is 2.52 bits per heavy atom. The van der Waals surface area contributed by atoms with E-state index in [0.717, 1.165) is 5.39 Å². The summed E-state index contributed by atoms with van der Waals surface area (Å²) in [5.74, 6) is -0.262. The van der Waals surface area contributed by atoms with Crippen molar-refractivity contribution >= 4 is 22.6 Å². The maximum Gasteiger partial charge on any atom is 0.339 e. The summed E-state index contributed by atoms with van der Waals surface area (Å²) >= 11 is 0. The van der Waals surface area contributed by atoms with E-state index in [2.05, 4.69) is 0 Å². The molecule has 6 heteroatoms. The lowest BCUT2D eigenvalue weighted by Crippen LogP contribution is -2.37. The highest BCUT2D eigenvalue weighted by molar-refractivity contribution is 6.06. The van der Waals surface area contributed by atoms with Crippen molar-refractivity contribution in [2.24, 2.45) is 0 Å². The van der Waals surface area contributed by atoms with E-state index < -0.39 is 12.1 Å². The van der Waals surface area contributed by atoms with Gasteiger partial charge in [-0.2, -0.15) is 5.26 Å². The van der Waals surface area contributed by atoms with Crippen molar-refractivity contribution in [3.63, 3.8) is 0 Å². The van der Waals surface area contributed by atoms with E-state index in [1.54, 1.807) is 32.4 Å². The Labute approximate surface area is 146 Å². The zero-order valence-corrected chi connectivity index (χ0v) is 14.5. The second-order valence-corrected chi connectivity index (χ2v) is 5.58. The third kappa shape index (κ3) is 4.07. The number of ether oxygens (including phenoxy) is 2. The molecule has 0 unspecified atom stereocenters. The predicted molar refractivity (Wildman–Crippen MR) is 93.2 cm³/mol. The number of hydrogen-bond acceptors (Lipinski definition) is 5. The minimum atomic E-state index is -0.933. The van der Waals surface area contributed by atoms with Crippen molar-refractivity contribution in [3.8, 4) is 11.8 Å². The van der Waals surface area contributed by atoms with Gasteiger partial charge in [0.1, 0.15) is 5.75 Å². The monoisotopic (exact) mass is 340 g/mol. The molecule has 0 saturated carbocycles. The summed E-state index contributed by atoms with van der Waals surface area (Å²) in [5, 5.41) is 10.1. The number of nitriles is 1. The number of hydrogen-bond donors (Lipinski definition) is 0. The van der Waals surface area contributed by atoms with Crippen LogP contribution in [0, 0.1) is 11.3 Å². The molecule has 0 aromatic heterocycles. The first-order valence-electron chi connectivity index (χ1n) is 7.88. The van der Waals surface area contributed by atoms with Gasteiger partial charge in [-0.25, -0.2) is 4.79 Å². The minimum Gasteiger partial charge on any atom is -0.496 e. The summed E-state index contributed by atoms with van der Waals surface area (Å²) in [6.07, 6.45) is -0.705. The van der Waals surface area contributed by atoms with Gasteiger partial charge in [0.15, 0.2) is 6.10 Å². The van der Waals surface area contributed by atoms with Gasteiger partial charge in [-0.05, 0) is 24.4 Å². The van der Waals surface area contributed by atoms with E-state index in [1.165, 1.54) is 11.8 Å². The van der Waals surface area contributed by atoms with Gasteiger partial charge in [-0.1, -0.05) is 24.3 Å². The number of carbonyl (C=O) groups is 2. The first kappa shape index (κ1) is 18.3. The van der Waals surface area contributed by atoms with Crippen LogP contribution in [0.1, 0.15) is 23.7 Å². The van der Waals surface area contributed by atoms with Gasteiger partial charge in [0.05, 0.1) is 25.2 Å². The van der Waals surface area contributed by atoms with Crippen LogP contribution in [-0.4, -0.2) is 43.6 Å². The first-order chi connectivity index (χ1) is 12.0. The molecule has 25 heavy (non-hydrogen) atoms. The third-order valence-corrected chi connectivity index (χ3v) is 3.89. The number of benzene rings is 2. The van der Waals surface area contributed by atoms with Gasteiger partial charge in [0.2, 0.25) is 0 Å². The molecular weight excluding hydrogens is 320 g/mol. The molecule has 2 aromatic carbocycles. The lowest BCUT2D eigenvalue weighted by molar-refractivity contribution is -0.138. The van der Waals surface area contributed by atoms with Gasteiger partial charge in [0, 0.05) is 19.0 Å². The van der Waals surface area contributed by atoms with E-state index in [1.807, 2.05) is 24.3 Å². The average molecular weight is 340 g/mol. The summed E-state index contributed by atoms with van der Waals surface area (Å²) in [4.78, 5) is 26.1. The summed E-state index contributed by atoms with van der Waals surface area (Å²) in [6.45, 7) is 1.82. The number of nitrogens with zero attached hydrogens (tertiary/aromatic N) is 2. The Kier molecular flexibility index (Phi) is 5.96. The van der Waals surface area contributed by atoms with Gasteiger partial charge in [0.25, 0.3) is 5.91 Å². The molecule has 1 amide bonds. The molecule has 2 aromatic rings. The third-order valence-electron chi connectivity index (χ3n) is 3.89. The van der Waals surface area contributed by atoms with Crippen molar-refractivity contribution < 1.29 is 19.1 Å². The van der Waals surface area contributed by atoms with Crippen LogP contribution in [0.2, 0.25) is 0 Å². The Bertz CT molecular complexity index is 826. The number of rotatable bonds is 6. The largest absolute Gasteiger partial charge is 0.496 e. The molecular formula is C19H20N2O4. The summed E-state index contributed by atoms with van der Waals surface area (Å²) in [7, 11) is 3.14. The number of methoxy groups -OCH3 is 1. The SMILES string of the molecule is COc1ccc(C(=O)O[C@H](C)C(=O)N(C)CCC#N)c2ccccc12. The smallest absolute Gasteiger partial charge is 0.339 e. The molecule has 0 aliphatic heterocycles. The highest BCUT2D eigenvalue weighted by Crippen LogP contribution is 2.28. The van der Waals surface area contributed by atoms with Gasteiger partial charge < -0.3 is 14.4 Å². The van der Waals surface area contributed by atoms with Crippen LogP contribution < -0.4 is 4.74 Å². The van der Waals surface area contributed by atoms with E-state index in [-0.39, 0.29) is 12.3 Å². The quantitative estimate of drug-likeness (QED) is 0.756. The Balaban J connectivity index is 2.20. The highest BCUT2D eigenvalue weighted by atomic mass is 16.5. The maximum absolute atomic E-state index is 12.5. The van der Waals surface area contributed by atoms with Crippen LogP contribution in [0.4, 0.5) is 0 Å². The van der Waals surface area contributed by atoms with Crippen LogP contribution >= 0.6 is 0 Å². The second-order valence-electron chi connectivity index (χ2n) is 5.58. The fourth-order valence-electron chi connectivity index (χ4n) is 2.54. The highest BCUT2D eigenvalue weighted by Gasteiger charge is 2.23. The number of esters is 1. The normalized spacial score (nSPS) is 11.4. The molecule has 130 valence electrons. The molecule has 0 bridgehead atoms. The van der Waals surface area contributed by atoms with E-state index >= 15 is 0 Å². The van der Waals surface area contributed by atoms with Crippen LogP contribution in [0.5, 0.6) is 5.75 Å². The van der Waals surface area contributed by atoms with Gasteiger partial charge >= 0.3 is 5.97 Å². The molecule has 0 radical (unpaired) electrons. The van der Waals surface area contributed by atoms with Crippen molar-refractivity contribution in [1.29, 1.82) is 5.26 Å². The van der Waals surface area contributed by atoms with Gasteiger partial charge in [-0.15, -0.1) is 0 Å². The summed E-state index contributed by atoms with van der Waals surface area (Å²) in [6, 6.07) is 12.6. The predicted octanol–water partition coefficient (Wildman–Crippen LogP) is 2.77. The van der Waals surface area contributed by atoms with Crippen molar-refractivity contribution in [2.75, 3.05) is 20.7 Å². The van der Waals surface area contributed by atoms with Crippen LogP contribution in [0.25, 0.3) is 10.8 Å². The molecule has 0 heterocycles. The molecule has 0 spiro atoms. The standard InChI is InChI=1S/C19H20N2O4/c1-13(18(22)21(2)12-6-11-20)25-19(23)16-9-10-17(24-3)15-8-5-4-7-14(15)16/h4-5,7-10,13H,6,12H2,1-3H3/t13-/m1/s1. The second kappa shape index (κ2) is 8.15. The summed E-state index contributed by atoms with van der Waals surface area (Å²) in [5.41, 5.74) is 0.371. The Morgan fingerprint density at radius 2 is 1.88 bits per heavy atom. The van der Waals surface area contributed by atoms with Crippen molar-refractivity contribution in [1.82, 2.24) is 4.90 Å². The zero-order valence-electron chi connectivity index (χ0n) is 14.5. The fraction of sp³-hybridized carbons (Fsp3) is 0.316. The Hall–Kier alpha value is -3.07. The zero-order chi connectivity index (χ0) is 18.4. The average Bonchev–Trinajstić information content (AvgIpc) is 2.64. The van der Waals surface area contributed by atoms with E-state index in [0.29, 0.717) is 23.2 Å². The van der Waals surface area contributed by atoms with Crippen LogP contribution in [-0.2, 0) is 9.53 Å². The van der Waals surface area contributed by atoms with Crippen LogP contribution in [0.3, 0.4) is 0 Å². The number of likely N-dealkylation sites (N-methyl/N-ethyl adjacent to an activating group) is 1. The minimum absolute atomic E-state index is 0.228. The summed E-state index contributed by atoms with van der Waals surface area (Å²) < 4.78 is 10.6. The topological polar surface area (TPSA) is 79.6 Å². The van der Waals surface area contributed by atoms with Crippen molar-refractivity contribution in [2.45, 2.75) is 19.4 Å². The molecule has 0 saturated heterocycles. The van der Waals surface area contributed by atoms with Gasteiger partial charge in [-0.3, -0.25) is 4.79 Å². The molecule has 1 atom stereocenters. The lowest BCUT2D eigenvalue weighted by atomic mass is 10.0. The molecule has 2 rings (SSSR count). The molecule has 0 fully saturated rings. The Morgan fingerprint density at radius 1 is 1.20 bits per heavy atom. The maximum atomic E-state index is 12.5. The van der Waals surface area contributed by atoms with E-state index in [4.69, 9.17) is 14.7 Å². The molecule has 0 aliphatic carbocycles. The molecule has 6 nitrogen and oxygen atoms in total. The fourth-order valence-corrected chi connectivity index (χ4v) is 2.54. The first-order valence-corrected chi connectivity index (χ1v) is 7.88. The molecule has 0 N–H and O–H groups in total. The van der Waals surface area contributed by atoms with E-state index in [9.17, 15) is 9.59 Å². The molecule has 0 aliphatic rings.